The zero-order chi connectivity index (χ0) is 24.9. The van der Waals surface area contributed by atoms with Gasteiger partial charge < -0.3 is 19.3 Å². The molecular formula is C23H23F2N5O5. The van der Waals surface area contributed by atoms with Crippen molar-refractivity contribution in [1.29, 1.82) is 0 Å². The minimum absolute atomic E-state index is 0.0293. The first-order chi connectivity index (χ1) is 17.0. The Morgan fingerprint density at radius 1 is 1.06 bits per heavy atom. The molecule has 3 aromatic rings. The van der Waals surface area contributed by atoms with Crippen molar-refractivity contribution >= 4 is 29.5 Å². The lowest BCUT2D eigenvalue weighted by Crippen LogP contribution is -2.28. The molecule has 12 heteroatoms. The minimum Gasteiger partial charge on any atom is -0.447 e. The fourth-order valence-electron chi connectivity index (χ4n) is 3.62. The van der Waals surface area contributed by atoms with E-state index in [1.165, 1.54) is 41.6 Å². The highest BCUT2D eigenvalue weighted by atomic mass is 19.2. The van der Waals surface area contributed by atoms with Crippen LogP contribution in [0.4, 0.5) is 35.7 Å². The monoisotopic (exact) mass is 487 g/mol. The molecule has 2 aromatic heterocycles. The molecule has 184 valence electrons. The maximum absolute atomic E-state index is 14.9. The van der Waals surface area contributed by atoms with Gasteiger partial charge in [0.25, 0.3) is 0 Å². The van der Waals surface area contributed by atoms with E-state index in [1.54, 1.807) is 6.07 Å². The Morgan fingerprint density at radius 2 is 1.89 bits per heavy atom. The molecule has 4 heterocycles. The third kappa shape index (κ3) is 4.86. The van der Waals surface area contributed by atoms with Crippen LogP contribution in [0.1, 0.15) is 13.8 Å². The van der Waals surface area contributed by atoms with E-state index >= 15 is 0 Å². The molecule has 1 N–H and O–H groups in total. The Kier molecular flexibility index (Phi) is 7.09. The standard InChI is InChI=1S/C21H17F2N5O5.C2H6/c22-18-14(12-1-4-17(25-9-12)27-6-8-31-20(27)29)2-3-15(19(18)23)28-11-13(33-21(28)30)10-24-16-5-7-32-26-16;1-2/h1-5,7,9,13H,6,8,10-11H2,(H,24,26);1-2H3. The van der Waals surface area contributed by atoms with E-state index in [-0.39, 0.29) is 30.9 Å². The average molecular weight is 487 g/mol. The summed E-state index contributed by atoms with van der Waals surface area (Å²) in [5.41, 5.74) is 0.0543. The molecule has 2 amide bonds. The molecule has 0 saturated carbocycles. The Morgan fingerprint density at radius 3 is 2.54 bits per heavy atom. The minimum atomic E-state index is -1.18. The number of ether oxygens (including phenoxy) is 2. The molecule has 2 aliphatic rings. The van der Waals surface area contributed by atoms with Crippen molar-refractivity contribution in [2.45, 2.75) is 20.0 Å². The lowest BCUT2D eigenvalue weighted by Gasteiger charge is -2.16. The highest BCUT2D eigenvalue weighted by molar-refractivity contribution is 5.91. The second kappa shape index (κ2) is 10.4. The number of cyclic esters (lactones) is 2. The largest absolute Gasteiger partial charge is 0.447 e. The van der Waals surface area contributed by atoms with Crippen LogP contribution in [-0.2, 0) is 9.47 Å². The highest BCUT2D eigenvalue weighted by Gasteiger charge is 2.35. The number of hydrogen-bond donors (Lipinski definition) is 1. The second-order valence-corrected chi connectivity index (χ2v) is 7.31. The van der Waals surface area contributed by atoms with Crippen LogP contribution in [0.2, 0.25) is 0 Å². The summed E-state index contributed by atoms with van der Waals surface area (Å²) in [7, 11) is 0. The zero-order valence-corrected chi connectivity index (χ0v) is 19.0. The number of anilines is 3. The quantitative estimate of drug-likeness (QED) is 0.544. The summed E-state index contributed by atoms with van der Waals surface area (Å²) in [5.74, 6) is -1.49. The van der Waals surface area contributed by atoms with Crippen LogP contribution < -0.4 is 15.1 Å². The van der Waals surface area contributed by atoms with E-state index in [2.05, 4.69) is 15.5 Å². The summed E-state index contributed by atoms with van der Waals surface area (Å²) in [6.07, 6.45) is 0.845. The van der Waals surface area contributed by atoms with Crippen LogP contribution in [0.15, 0.2) is 47.3 Å². The Labute approximate surface area is 199 Å². The van der Waals surface area contributed by atoms with E-state index in [9.17, 15) is 18.4 Å². The van der Waals surface area contributed by atoms with Crippen molar-refractivity contribution in [3.63, 3.8) is 0 Å². The number of rotatable bonds is 6. The number of pyridine rings is 1. The third-order valence-electron chi connectivity index (χ3n) is 5.27. The van der Waals surface area contributed by atoms with Gasteiger partial charge in [0.05, 0.1) is 25.3 Å². The molecule has 2 saturated heterocycles. The van der Waals surface area contributed by atoms with E-state index in [0.717, 1.165) is 4.90 Å². The Balaban J connectivity index is 0.00000141. The molecule has 5 rings (SSSR count). The van der Waals surface area contributed by atoms with Gasteiger partial charge in [0, 0.05) is 23.4 Å². The molecule has 35 heavy (non-hydrogen) atoms. The van der Waals surface area contributed by atoms with Crippen molar-refractivity contribution in [3.8, 4) is 11.1 Å². The van der Waals surface area contributed by atoms with Gasteiger partial charge in [-0.2, -0.15) is 0 Å². The molecular weight excluding hydrogens is 464 g/mol. The number of aromatic nitrogens is 2. The molecule has 0 radical (unpaired) electrons. The van der Waals surface area contributed by atoms with Gasteiger partial charge in [-0.25, -0.2) is 23.4 Å². The summed E-state index contributed by atoms with van der Waals surface area (Å²) in [4.78, 5) is 30.4. The number of amides is 2. The van der Waals surface area contributed by atoms with Gasteiger partial charge >= 0.3 is 12.2 Å². The van der Waals surface area contributed by atoms with Crippen molar-refractivity contribution in [2.24, 2.45) is 0 Å². The lowest BCUT2D eigenvalue weighted by atomic mass is 10.1. The van der Waals surface area contributed by atoms with Crippen molar-refractivity contribution in [3.05, 3.63) is 54.4 Å². The summed E-state index contributed by atoms with van der Waals surface area (Å²) < 4.78 is 44.7. The normalized spacial score (nSPS) is 17.1. The summed E-state index contributed by atoms with van der Waals surface area (Å²) >= 11 is 0. The first-order valence-electron chi connectivity index (χ1n) is 11.0. The van der Waals surface area contributed by atoms with Crippen LogP contribution in [0, 0.1) is 11.6 Å². The number of nitrogens with one attached hydrogen (secondary N) is 1. The van der Waals surface area contributed by atoms with Crippen molar-refractivity contribution < 1.29 is 32.4 Å². The Bertz CT molecular complexity index is 1190. The maximum Gasteiger partial charge on any atom is 0.415 e. The van der Waals surface area contributed by atoms with Crippen molar-refractivity contribution in [1.82, 2.24) is 10.1 Å². The number of carbonyl (C=O) groups is 2. The van der Waals surface area contributed by atoms with Gasteiger partial charge in [0.15, 0.2) is 17.5 Å². The molecule has 10 nitrogen and oxygen atoms in total. The van der Waals surface area contributed by atoms with E-state index in [4.69, 9.17) is 14.0 Å². The SMILES string of the molecule is CC.O=C1OCCN1c1ccc(-c2ccc(N3CC(CNc4ccon4)OC3=O)c(F)c2F)cn1. The number of nitrogens with zero attached hydrogens (tertiary/aromatic N) is 4. The molecule has 0 spiro atoms. The van der Waals surface area contributed by atoms with Crippen LogP contribution in [0.3, 0.4) is 0 Å². The molecule has 2 fully saturated rings. The van der Waals surface area contributed by atoms with Gasteiger partial charge in [-0.1, -0.05) is 19.0 Å². The first kappa shape index (κ1) is 23.9. The van der Waals surface area contributed by atoms with Gasteiger partial charge in [-0.15, -0.1) is 0 Å². The predicted octanol–water partition coefficient (Wildman–Crippen LogP) is 4.43. The average Bonchev–Trinajstić information content (AvgIpc) is 3.63. The second-order valence-electron chi connectivity index (χ2n) is 7.31. The van der Waals surface area contributed by atoms with E-state index < -0.39 is 29.9 Å². The zero-order valence-electron chi connectivity index (χ0n) is 19.0. The molecule has 1 unspecified atom stereocenters. The number of halogens is 2. The van der Waals surface area contributed by atoms with Gasteiger partial charge in [-0.05, 0) is 24.3 Å². The summed E-state index contributed by atoms with van der Waals surface area (Å²) in [6.45, 7) is 4.88. The number of hydrogen-bond acceptors (Lipinski definition) is 8. The summed E-state index contributed by atoms with van der Waals surface area (Å²) in [5, 5.41) is 6.62. The molecule has 2 aliphatic heterocycles. The number of benzene rings is 1. The van der Waals surface area contributed by atoms with E-state index in [1.807, 2.05) is 13.8 Å². The third-order valence-corrected chi connectivity index (χ3v) is 5.27. The highest BCUT2D eigenvalue weighted by Crippen LogP contribution is 2.33. The molecule has 0 bridgehead atoms. The molecule has 1 aromatic carbocycles. The van der Waals surface area contributed by atoms with E-state index in [0.29, 0.717) is 23.7 Å². The fraction of sp³-hybridized carbons (Fsp3) is 0.304. The first-order valence-corrected chi connectivity index (χ1v) is 11.0. The van der Waals surface area contributed by atoms with Crippen LogP contribution in [0.25, 0.3) is 11.1 Å². The van der Waals surface area contributed by atoms with Gasteiger partial charge in [-0.3, -0.25) is 9.80 Å². The van der Waals surface area contributed by atoms with Crippen LogP contribution >= 0.6 is 0 Å². The molecule has 1 atom stereocenters. The molecule has 0 aliphatic carbocycles. The summed E-state index contributed by atoms with van der Waals surface area (Å²) in [6, 6.07) is 7.33. The maximum atomic E-state index is 14.9. The van der Waals surface area contributed by atoms with Gasteiger partial charge in [0.2, 0.25) is 0 Å². The predicted molar refractivity (Wildman–Crippen MR) is 122 cm³/mol. The topological polar surface area (TPSA) is 110 Å². The smallest absolute Gasteiger partial charge is 0.415 e. The van der Waals surface area contributed by atoms with Crippen LogP contribution in [0.5, 0.6) is 0 Å². The van der Waals surface area contributed by atoms with Crippen molar-refractivity contribution in [2.75, 3.05) is 41.4 Å². The van der Waals surface area contributed by atoms with Crippen LogP contribution in [-0.4, -0.2) is 54.7 Å². The fourth-order valence-corrected chi connectivity index (χ4v) is 3.62. The Hall–Kier alpha value is -4.22. The lowest BCUT2D eigenvalue weighted by molar-refractivity contribution is 0.147. The number of carbonyl (C=O) groups excluding carboxylic acids is 2. The van der Waals surface area contributed by atoms with Gasteiger partial charge in [0.1, 0.15) is 24.8 Å².